The van der Waals surface area contributed by atoms with Gasteiger partial charge in [0.15, 0.2) is 0 Å². The van der Waals surface area contributed by atoms with E-state index in [1.54, 1.807) is 0 Å². The normalized spacial score (nSPS) is 19.6. The predicted octanol–water partition coefficient (Wildman–Crippen LogP) is 3.81. The first kappa shape index (κ1) is 18.8. The van der Waals surface area contributed by atoms with Gasteiger partial charge in [0.1, 0.15) is 18.2 Å². The molecule has 0 bridgehead atoms. The Morgan fingerprint density at radius 2 is 1.86 bits per heavy atom. The lowest BCUT2D eigenvalue weighted by Crippen LogP contribution is -2.34. The van der Waals surface area contributed by atoms with E-state index in [0.717, 1.165) is 59.9 Å². The maximum atomic E-state index is 12.8. The Bertz CT molecular complexity index is 877. The number of likely N-dealkylation sites (N-methyl/N-ethyl adjacent to an activating group) is 1. The van der Waals surface area contributed by atoms with Crippen molar-refractivity contribution in [3.05, 3.63) is 53.6 Å². The van der Waals surface area contributed by atoms with Gasteiger partial charge < -0.3 is 15.0 Å². The molecule has 2 aromatic rings. The quantitative estimate of drug-likeness (QED) is 0.849. The van der Waals surface area contributed by atoms with E-state index in [1.807, 2.05) is 25.2 Å². The smallest absolute Gasteiger partial charge is 0.416 e. The van der Waals surface area contributed by atoms with Crippen molar-refractivity contribution in [1.29, 1.82) is 0 Å². The van der Waals surface area contributed by atoms with E-state index in [2.05, 4.69) is 10.2 Å². The summed E-state index contributed by atoms with van der Waals surface area (Å²) < 4.78 is 44.3. The fourth-order valence-electron chi connectivity index (χ4n) is 3.71. The summed E-state index contributed by atoms with van der Waals surface area (Å²) >= 11 is 0. The molecule has 0 aliphatic carbocycles. The number of nitrogens with zero attached hydrogens (tertiary/aromatic N) is 2. The maximum absolute atomic E-state index is 12.8. The lowest BCUT2D eigenvalue weighted by molar-refractivity contribution is -0.137. The van der Waals surface area contributed by atoms with Gasteiger partial charge in [0, 0.05) is 19.1 Å². The molecule has 2 aliphatic heterocycles. The van der Waals surface area contributed by atoms with E-state index in [0.29, 0.717) is 19.2 Å². The summed E-state index contributed by atoms with van der Waals surface area (Å²) in [6.45, 7) is 2.88. The van der Waals surface area contributed by atoms with Crippen LogP contribution in [0.5, 0.6) is 5.75 Å². The first-order valence-electron chi connectivity index (χ1n) is 9.37. The second-order valence-corrected chi connectivity index (χ2v) is 7.06. The molecule has 1 atom stereocenters. The van der Waals surface area contributed by atoms with Gasteiger partial charge in [-0.05, 0) is 48.9 Å². The van der Waals surface area contributed by atoms with E-state index in [9.17, 15) is 13.2 Å². The average molecular weight is 389 g/mol. The Hall–Kier alpha value is -2.54. The zero-order valence-electron chi connectivity index (χ0n) is 15.6. The highest BCUT2D eigenvalue weighted by atomic mass is 19.4. The molecule has 1 N–H and O–H groups in total. The molecule has 2 heterocycles. The van der Waals surface area contributed by atoms with Crippen LogP contribution in [-0.2, 0) is 6.18 Å². The molecule has 4 rings (SSSR count). The minimum Gasteiger partial charge on any atom is -0.491 e. The second kappa shape index (κ2) is 7.47. The van der Waals surface area contributed by atoms with Crippen LogP contribution in [0.4, 0.5) is 13.2 Å². The average Bonchev–Trinajstić information content (AvgIpc) is 3.07. The van der Waals surface area contributed by atoms with E-state index in [1.165, 1.54) is 12.1 Å². The van der Waals surface area contributed by atoms with Gasteiger partial charge in [0.25, 0.3) is 0 Å². The topological polar surface area (TPSA) is 36.9 Å². The van der Waals surface area contributed by atoms with Crippen molar-refractivity contribution >= 4 is 5.84 Å². The first-order valence-corrected chi connectivity index (χ1v) is 9.37. The van der Waals surface area contributed by atoms with Gasteiger partial charge in [0.2, 0.25) is 0 Å². The molecule has 0 amide bonds. The molecule has 0 spiro atoms. The second-order valence-electron chi connectivity index (χ2n) is 7.06. The SMILES string of the molecule is CN[C@@H]1CCN(C2=NCCOc3ccc(-c4ccc(C(F)(F)F)cc4)cc32)C1. The number of nitrogens with one attached hydrogen (secondary N) is 1. The first-order chi connectivity index (χ1) is 13.5. The Kier molecular flexibility index (Phi) is 5.02. The van der Waals surface area contributed by atoms with Crippen LogP contribution in [-0.4, -0.2) is 50.1 Å². The molecule has 148 valence electrons. The number of aliphatic imine (C=N–C) groups is 1. The van der Waals surface area contributed by atoms with Crippen molar-refractivity contribution in [2.75, 3.05) is 33.3 Å². The van der Waals surface area contributed by atoms with E-state index < -0.39 is 11.7 Å². The van der Waals surface area contributed by atoms with Gasteiger partial charge in [-0.15, -0.1) is 0 Å². The monoisotopic (exact) mass is 389 g/mol. The number of likely N-dealkylation sites (tertiary alicyclic amines) is 1. The fourth-order valence-corrected chi connectivity index (χ4v) is 3.71. The lowest BCUT2D eigenvalue weighted by atomic mass is 10.00. The number of hydrogen-bond donors (Lipinski definition) is 1. The largest absolute Gasteiger partial charge is 0.491 e. The Balaban J connectivity index is 1.68. The molecular weight excluding hydrogens is 367 g/mol. The molecule has 0 unspecified atom stereocenters. The minimum absolute atomic E-state index is 0.424. The maximum Gasteiger partial charge on any atom is 0.416 e. The van der Waals surface area contributed by atoms with E-state index >= 15 is 0 Å². The van der Waals surface area contributed by atoms with Gasteiger partial charge in [0.05, 0.1) is 17.7 Å². The van der Waals surface area contributed by atoms with Gasteiger partial charge in [-0.3, -0.25) is 4.99 Å². The summed E-state index contributed by atoms with van der Waals surface area (Å²) in [4.78, 5) is 6.99. The zero-order chi connectivity index (χ0) is 19.7. The summed E-state index contributed by atoms with van der Waals surface area (Å²) in [6, 6.07) is 11.4. The van der Waals surface area contributed by atoms with Crippen LogP contribution >= 0.6 is 0 Å². The summed E-state index contributed by atoms with van der Waals surface area (Å²) in [7, 11) is 1.96. The highest BCUT2D eigenvalue weighted by Crippen LogP contribution is 2.33. The predicted molar refractivity (Wildman–Crippen MR) is 103 cm³/mol. The van der Waals surface area contributed by atoms with Crippen molar-refractivity contribution in [2.45, 2.75) is 18.6 Å². The van der Waals surface area contributed by atoms with Crippen molar-refractivity contribution in [3.63, 3.8) is 0 Å². The van der Waals surface area contributed by atoms with E-state index in [4.69, 9.17) is 9.73 Å². The van der Waals surface area contributed by atoms with Crippen molar-refractivity contribution in [3.8, 4) is 16.9 Å². The van der Waals surface area contributed by atoms with Gasteiger partial charge >= 0.3 is 6.18 Å². The third kappa shape index (κ3) is 3.71. The van der Waals surface area contributed by atoms with Gasteiger partial charge in [-0.1, -0.05) is 18.2 Å². The Morgan fingerprint density at radius 1 is 1.11 bits per heavy atom. The molecule has 0 saturated carbocycles. The van der Waals surface area contributed by atoms with E-state index in [-0.39, 0.29) is 0 Å². The highest BCUT2D eigenvalue weighted by molar-refractivity contribution is 6.02. The molecule has 1 saturated heterocycles. The number of ether oxygens (including phenoxy) is 1. The molecule has 1 fully saturated rings. The van der Waals surface area contributed by atoms with Gasteiger partial charge in [-0.2, -0.15) is 13.2 Å². The van der Waals surface area contributed by atoms with Crippen LogP contribution in [0.2, 0.25) is 0 Å². The third-order valence-electron chi connectivity index (χ3n) is 5.27. The van der Waals surface area contributed by atoms with Crippen molar-refractivity contribution in [2.24, 2.45) is 4.99 Å². The molecule has 2 aliphatic rings. The highest BCUT2D eigenvalue weighted by Gasteiger charge is 2.30. The zero-order valence-corrected chi connectivity index (χ0v) is 15.6. The molecule has 2 aromatic carbocycles. The lowest BCUT2D eigenvalue weighted by Gasteiger charge is -2.22. The molecule has 7 heteroatoms. The molecule has 28 heavy (non-hydrogen) atoms. The fraction of sp³-hybridized carbons (Fsp3) is 0.381. The summed E-state index contributed by atoms with van der Waals surface area (Å²) in [6.07, 6.45) is -3.29. The van der Waals surface area contributed by atoms with Crippen LogP contribution < -0.4 is 10.1 Å². The number of benzene rings is 2. The number of fused-ring (bicyclic) bond motifs is 1. The standard InChI is InChI=1S/C21H22F3N3O/c1-25-17-8-10-27(13-17)20-18-12-15(4-7-19(18)28-11-9-26-20)14-2-5-16(6-3-14)21(22,23)24/h2-7,12,17,25H,8-11,13H2,1H3/t17-/m1/s1. The Labute approximate surface area is 162 Å². The van der Waals surface area contributed by atoms with Crippen LogP contribution in [0.25, 0.3) is 11.1 Å². The molecule has 4 nitrogen and oxygen atoms in total. The van der Waals surface area contributed by atoms with Gasteiger partial charge in [-0.25, -0.2) is 0 Å². The summed E-state index contributed by atoms with van der Waals surface area (Å²) in [5.41, 5.74) is 1.82. The molecule has 0 aromatic heterocycles. The molecule has 0 radical (unpaired) electrons. The van der Waals surface area contributed by atoms with Crippen LogP contribution in [0.1, 0.15) is 17.5 Å². The summed E-state index contributed by atoms with van der Waals surface area (Å²) in [5.74, 6) is 1.67. The van der Waals surface area contributed by atoms with Crippen molar-refractivity contribution < 1.29 is 17.9 Å². The number of alkyl halides is 3. The summed E-state index contributed by atoms with van der Waals surface area (Å²) in [5, 5.41) is 3.31. The number of halogens is 3. The van der Waals surface area contributed by atoms with Crippen LogP contribution in [0.15, 0.2) is 47.5 Å². The minimum atomic E-state index is -4.33. The van der Waals surface area contributed by atoms with Crippen LogP contribution in [0.3, 0.4) is 0 Å². The van der Waals surface area contributed by atoms with Crippen molar-refractivity contribution in [1.82, 2.24) is 10.2 Å². The number of hydrogen-bond acceptors (Lipinski definition) is 4. The number of rotatable bonds is 2. The Morgan fingerprint density at radius 3 is 2.54 bits per heavy atom. The molecular formula is C21H22F3N3O. The van der Waals surface area contributed by atoms with Crippen LogP contribution in [0, 0.1) is 0 Å². The third-order valence-corrected chi connectivity index (χ3v) is 5.27. The number of amidine groups is 1.